The van der Waals surface area contributed by atoms with Crippen LogP contribution in [0.5, 0.6) is 5.75 Å². The van der Waals surface area contributed by atoms with Crippen molar-refractivity contribution in [3.63, 3.8) is 0 Å². The summed E-state index contributed by atoms with van der Waals surface area (Å²) >= 11 is 5.94. The third-order valence-electron chi connectivity index (χ3n) is 5.49. The molecule has 2 N–H and O–H groups in total. The maximum atomic E-state index is 12.6. The van der Waals surface area contributed by atoms with Gasteiger partial charge in [-0.2, -0.15) is 0 Å². The quantitative estimate of drug-likeness (QED) is 0.562. The molecular formula is C25H28ClN3O6. The molecule has 0 spiro atoms. The number of hydrogen-bond donors (Lipinski definition) is 2. The molecule has 1 fully saturated rings. The Morgan fingerprint density at radius 3 is 2.43 bits per heavy atom. The van der Waals surface area contributed by atoms with Crippen molar-refractivity contribution in [3.05, 3.63) is 58.6 Å². The van der Waals surface area contributed by atoms with E-state index in [4.69, 9.17) is 21.1 Å². The van der Waals surface area contributed by atoms with Crippen LogP contribution >= 0.6 is 11.6 Å². The number of nitrogens with one attached hydrogen (secondary N) is 2. The Labute approximate surface area is 208 Å². The number of anilines is 1. The first-order valence-electron chi connectivity index (χ1n) is 11.0. The summed E-state index contributed by atoms with van der Waals surface area (Å²) < 4.78 is 10.2. The average molecular weight is 502 g/mol. The van der Waals surface area contributed by atoms with E-state index in [1.807, 2.05) is 12.1 Å². The van der Waals surface area contributed by atoms with Gasteiger partial charge in [-0.25, -0.2) is 0 Å². The molecule has 0 radical (unpaired) electrons. The molecule has 3 amide bonds. The van der Waals surface area contributed by atoms with E-state index in [2.05, 4.69) is 31.5 Å². The van der Waals surface area contributed by atoms with Crippen molar-refractivity contribution >= 4 is 41.0 Å². The zero-order valence-corrected chi connectivity index (χ0v) is 20.8. The van der Waals surface area contributed by atoms with Gasteiger partial charge in [-0.15, -0.1) is 0 Å². The van der Waals surface area contributed by atoms with Crippen molar-refractivity contribution in [2.45, 2.75) is 32.6 Å². The number of halogens is 1. The van der Waals surface area contributed by atoms with Gasteiger partial charge in [-0.05, 0) is 41.3 Å². The van der Waals surface area contributed by atoms with Crippen LogP contribution in [-0.2, 0) is 24.5 Å². The minimum absolute atomic E-state index is 0.0484. The highest BCUT2D eigenvalue weighted by atomic mass is 35.5. The van der Waals surface area contributed by atoms with Crippen molar-refractivity contribution in [3.8, 4) is 5.75 Å². The molecule has 1 aliphatic heterocycles. The van der Waals surface area contributed by atoms with Gasteiger partial charge in [0.15, 0.2) is 6.61 Å². The minimum atomic E-state index is -0.806. The minimum Gasteiger partial charge on any atom is -0.495 e. The molecule has 10 heteroatoms. The summed E-state index contributed by atoms with van der Waals surface area (Å²) in [6.45, 7) is 5.62. The molecule has 3 rings (SSSR count). The van der Waals surface area contributed by atoms with Crippen LogP contribution in [0.15, 0.2) is 42.5 Å². The molecule has 0 aromatic heterocycles. The highest BCUT2D eigenvalue weighted by Crippen LogP contribution is 2.27. The van der Waals surface area contributed by atoms with Crippen LogP contribution in [0, 0.1) is 5.92 Å². The van der Waals surface area contributed by atoms with Crippen LogP contribution in [0.1, 0.15) is 43.1 Å². The van der Waals surface area contributed by atoms with Gasteiger partial charge in [0.25, 0.3) is 11.8 Å². The van der Waals surface area contributed by atoms with Gasteiger partial charge >= 0.3 is 5.97 Å². The largest absolute Gasteiger partial charge is 0.495 e. The number of benzene rings is 2. The standard InChI is InChI=1S/C25H28ClN3O6/c1-25(2,3)17-7-5-15(6-8-17)23(32)28-29-13-16(11-22(29)31)24(33)35-14-21(30)27-19-12-18(26)9-10-20(19)34-4/h5-10,12,16H,11,13-14H2,1-4H3,(H,27,30)(H,28,32)/t16-/m1/s1. The van der Waals surface area contributed by atoms with E-state index in [0.717, 1.165) is 10.6 Å². The molecule has 0 unspecified atom stereocenters. The molecule has 1 atom stereocenters. The molecule has 9 nitrogen and oxygen atoms in total. The summed E-state index contributed by atoms with van der Waals surface area (Å²) in [5.74, 6) is -2.58. The first-order chi connectivity index (χ1) is 16.5. The van der Waals surface area contributed by atoms with Crippen molar-refractivity contribution in [1.29, 1.82) is 0 Å². The van der Waals surface area contributed by atoms with Gasteiger partial charge in [0.2, 0.25) is 5.91 Å². The topological polar surface area (TPSA) is 114 Å². The predicted octanol–water partition coefficient (Wildman–Crippen LogP) is 3.32. The number of amides is 3. The van der Waals surface area contributed by atoms with Gasteiger partial charge in [-0.3, -0.25) is 29.6 Å². The molecule has 1 heterocycles. The van der Waals surface area contributed by atoms with Crippen LogP contribution in [0.4, 0.5) is 5.69 Å². The second kappa shape index (κ2) is 10.8. The molecule has 0 saturated carbocycles. The van der Waals surface area contributed by atoms with Gasteiger partial charge in [0.1, 0.15) is 5.75 Å². The van der Waals surface area contributed by atoms with Crippen LogP contribution in [0.25, 0.3) is 0 Å². The molecule has 1 saturated heterocycles. The van der Waals surface area contributed by atoms with Crippen molar-refractivity contribution in [2.75, 3.05) is 25.6 Å². The number of hydrazine groups is 1. The summed E-state index contributed by atoms with van der Waals surface area (Å²) in [7, 11) is 1.45. The van der Waals surface area contributed by atoms with E-state index >= 15 is 0 Å². The number of nitrogens with zero attached hydrogens (tertiary/aromatic N) is 1. The molecule has 0 bridgehead atoms. The Kier molecular flexibility index (Phi) is 8.01. The van der Waals surface area contributed by atoms with Crippen molar-refractivity contribution in [1.82, 2.24) is 10.4 Å². The Morgan fingerprint density at radius 1 is 1.11 bits per heavy atom. The Morgan fingerprint density at radius 2 is 1.80 bits per heavy atom. The Hall–Kier alpha value is -3.59. The lowest BCUT2D eigenvalue weighted by Gasteiger charge is -2.20. The maximum Gasteiger partial charge on any atom is 0.311 e. The predicted molar refractivity (Wildman–Crippen MR) is 130 cm³/mol. The van der Waals surface area contributed by atoms with E-state index in [0.29, 0.717) is 22.0 Å². The third kappa shape index (κ3) is 6.73. The summed E-state index contributed by atoms with van der Waals surface area (Å²) in [5, 5.41) is 4.06. The van der Waals surface area contributed by atoms with E-state index in [1.165, 1.54) is 13.2 Å². The smallest absolute Gasteiger partial charge is 0.311 e. The van der Waals surface area contributed by atoms with E-state index in [9.17, 15) is 19.2 Å². The van der Waals surface area contributed by atoms with E-state index in [-0.39, 0.29) is 18.4 Å². The van der Waals surface area contributed by atoms with Gasteiger partial charge in [0, 0.05) is 17.0 Å². The molecule has 1 aliphatic rings. The number of ether oxygens (including phenoxy) is 2. The number of carbonyl (C=O) groups excluding carboxylic acids is 4. The monoisotopic (exact) mass is 501 g/mol. The fourth-order valence-corrected chi connectivity index (χ4v) is 3.67. The number of rotatable bonds is 7. The molecule has 2 aromatic carbocycles. The van der Waals surface area contributed by atoms with Gasteiger partial charge in [0.05, 0.1) is 25.3 Å². The zero-order valence-electron chi connectivity index (χ0n) is 20.0. The summed E-state index contributed by atoms with van der Waals surface area (Å²) in [6, 6.07) is 11.8. The van der Waals surface area contributed by atoms with Gasteiger partial charge in [-0.1, -0.05) is 44.5 Å². The second-order valence-electron chi connectivity index (χ2n) is 9.17. The molecule has 35 heavy (non-hydrogen) atoms. The van der Waals surface area contributed by atoms with E-state index < -0.39 is 36.2 Å². The fourth-order valence-electron chi connectivity index (χ4n) is 3.50. The third-order valence-corrected chi connectivity index (χ3v) is 5.72. The average Bonchev–Trinajstić information content (AvgIpc) is 3.17. The zero-order chi connectivity index (χ0) is 25.8. The number of hydrogen-bond acceptors (Lipinski definition) is 6. The molecular weight excluding hydrogens is 474 g/mol. The maximum absolute atomic E-state index is 12.6. The highest BCUT2D eigenvalue weighted by molar-refractivity contribution is 6.31. The lowest BCUT2D eigenvalue weighted by molar-refractivity contribution is -0.151. The fraction of sp³-hybridized carbons (Fsp3) is 0.360. The lowest BCUT2D eigenvalue weighted by Crippen LogP contribution is -2.43. The SMILES string of the molecule is COc1ccc(Cl)cc1NC(=O)COC(=O)[C@@H]1CC(=O)N(NC(=O)c2ccc(C(C)(C)C)cc2)C1. The Bertz CT molecular complexity index is 1130. The lowest BCUT2D eigenvalue weighted by atomic mass is 9.87. The number of esters is 1. The Balaban J connectivity index is 1.51. The van der Waals surface area contributed by atoms with Crippen LogP contribution in [0.2, 0.25) is 5.02 Å². The molecule has 186 valence electrons. The van der Waals surface area contributed by atoms with Crippen molar-refractivity contribution < 1.29 is 28.7 Å². The molecule has 0 aliphatic carbocycles. The summed E-state index contributed by atoms with van der Waals surface area (Å²) in [5.41, 5.74) is 4.29. The highest BCUT2D eigenvalue weighted by Gasteiger charge is 2.36. The second-order valence-corrected chi connectivity index (χ2v) is 9.61. The van der Waals surface area contributed by atoms with Gasteiger partial charge < -0.3 is 14.8 Å². The first kappa shape index (κ1) is 26.0. The summed E-state index contributed by atoms with van der Waals surface area (Å²) in [6.07, 6.45) is -0.133. The van der Waals surface area contributed by atoms with Crippen LogP contribution < -0.4 is 15.5 Å². The number of methoxy groups -OCH3 is 1. The van der Waals surface area contributed by atoms with E-state index in [1.54, 1.807) is 24.3 Å². The molecule has 2 aromatic rings. The normalized spacial score (nSPS) is 15.5. The number of carbonyl (C=O) groups is 4. The first-order valence-corrected chi connectivity index (χ1v) is 11.4. The van der Waals surface area contributed by atoms with Crippen LogP contribution in [-0.4, -0.2) is 49.0 Å². The van der Waals surface area contributed by atoms with Crippen LogP contribution in [0.3, 0.4) is 0 Å². The summed E-state index contributed by atoms with van der Waals surface area (Å²) in [4.78, 5) is 49.5. The van der Waals surface area contributed by atoms with Crippen molar-refractivity contribution in [2.24, 2.45) is 5.92 Å².